The molecule has 1 heterocycles. The average Bonchev–Trinajstić information content (AvgIpc) is 3.05. The van der Waals surface area contributed by atoms with Crippen molar-refractivity contribution < 1.29 is 4.79 Å². The number of aromatic nitrogens is 1. The molecule has 3 rings (SSSR count). The third-order valence-electron chi connectivity index (χ3n) is 4.46. The van der Waals surface area contributed by atoms with Crippen molar-refractivity contribution in [3.63, 3.8) is 0 Å². The fourth-order valence-corrected chi connectivity index (χ4v) is 3.66. The molecule has 2 N–H and O–H groups in total. The molecule has 1 saturated carbocycles. The maximum Gasteiger partial charge on any atom is 0.226 e. The molecule has 0 spiro atoms. The molecule has 1 aromatic heterocycles. The van der Waals surface area contributed by atoms with Crippen LogP contribution in [0.2, 0.25) is 10.0 Å². The highest BCUT2D eigenvalue weighted by molar-refractivity contribution is 6.39. The number of amides is 1. The van der Waals surface area contributed by atoms with Gasteiger partial charge in [0.1, 0.15) is 0 Å². The number of H-pyrrole nitrogens is 1. The molecule has 5 heteroatoms. The van der Waals surface area contributed by atoms with Crippen LogP contribution in [-0.4, -0.2) is 10.9 Å². The highest BCUT2D eigenvalue weighted by atomic mass is 35.5. The van der Waals surface area contributed by atoms with Crippen molar-refractivity contribution in [1.29, 1.82) is 0 Å². The number of rotatable bonds is 4. The summed E-state index contributed by atoms with van der Waals surface area (Å²) >= 11 is 12.8. The van der Waals surface area contributed by atoms with Gasteiger partial charge in [-0.1, -0.05) is 44.0 Å². The third-order valence-corrected chi connectivity index (χ3v) is 5.17. The quantitative estimate of drug-likeness (QED) is 0.808. The Bertz CT molecular complexity index is 745. The SMILES string of the molecule is CC(C)c1c(Cl)cc2cc(CNC(=O)C3(C)CC3)[nH]c2c1Cl. The highest BCUT2D eigenvalue weighted by Gasteiger charge is 2.44. The van der Waals surface area contributed by atoms with Crippen molar-refractivity contribution in [2.45, 2.75) is 46.1 Å². The third kappa shape index (κ3) is 2.72. The van der Waals surface area contributed by atoms with E-state index in [-0.39, 0.29) is 17.2 Å². The van der Waals surface area contributed by atoms with Gasteiger partial charge in [-0.2, -0.15) is 0 Å². The normalized spacial score (nSPS) is 16.3. The molecule has 0 radical (unpaired) electrons. The molecule has 22 heavy (non-hydrogen) atoms. The Balaban J connectivity index is 1.86. The van der Waals surface area contributed by atoms with Gasteiger partial charge in [-0.05, 0) is 36.5 Å². The molecule has 1 amide bonds. The first-order chi connectivity index (χ1) is 10.3. The van der Waals surface area contributed by atoms with E-state index < -0.39 is 0 Å². The molecule has 3 nitrogen and oxygen atoms in total. The van der Waals surface area contributed by atoms with E-state index in [0.29, 0.717) is 16.6 Å². The van der Waals surface area contributed by atoms with Crippen molar-refractivity contribution in [3.8, 4) is 0 Å². The molecular weight excluding hydrogens is 319 g/mol. The maximum absolute atomic E-state index is 12.0. The number of fused-ring (bicyclic) bond motifs is 1. The summed E-state index contributed by atoms with van der Waals surface area (Å²) in [5, 5.41) is 5.32. The Morgan fingerprint density at radius 2 is 2.05 bits per heavy atom. The van der Waals surface area contributed by atoms with E-state index >= 15 is 0 Å². The fourth-order valence-electron chi connectivity index (χ4n) is 2.71. The van der Waals surface area contributed by atoms with Gasteiger partial charge in [0, 0.05) is 21.5 Å². The number of benzene rings is 1. The summed E-state index contributed by atoms with van der Waals surface area (Å²) in [4.78, 5) is 15.3. The van der Waals surface area contributed by atoms with Gasteiger partial charge in [0.25, 0.3) is 0 Å². The summed E-state index contributed by atoms with van der Waals surface area (Å²) < 4.78 is 0. The smallest absolute Gasteiger partial charge is 0.226 e. The van der Waals surface area contributed by atoms with Gasteiger partial charge in [-0.15, -0.1) is 0 Å². The predicted octanol–water partition coefficient (Wildman–Crippen LogP) is 5.01. The van der Waals surface area contributed by atoms with Crippen molar-refractivity contribution >= 4 is 40.0 Å². The molecule has 0 atom stereocenters. The summed E-state index contributed by atoms with van der Waals surface area (Å²) in [5.41, 5.74) is 2.62. The summed E-state index contributed by atoms with van der Waals surface area (Å²) in [6.07, 6.45) is 1.95. The zero-order valence-electron chi connectivity index (χ0n) is 13.0. The lowest BCUT2D eigenvalue weighted by atomic mass is 10.0. The van der Waals surface area contributed by atoms with E-state index in [2.05, 4.69) is 24.1 Å². The maximum atomic E-state index is 12.0. The van der Waals surface area contributed by atoms with Gasteiger partial charge < -0.3 is 10.3 Å². The number of carbonyl (C=O) groups excluding carboxylic acids is 1. The zero-order chi connectivity index (χ0) is 16.1. The number of hydrogen-bond acceptors (Lipinski definition) is 1. The van der Waals surface area contributed by atoms with Crippen LogP contribution in [0.15, 0.2) is 12.1 Å². The molecule has 1 aliphatic carbocycles. The molecule has 118 valence electrons. The first-order valence-electron chi connectivity index (χ1n) is 7.59. The summed E-state index contributed by atoms with van der Waals surface area (Å²) in [7, 11) is 0. The van der Waals surface area contributed by atoms with Crippen LogP contribution in [0.4, 0.5) is 0 Å². The number of aromatic amines is 1. The summed E-state index contributed by atoms with van der Waals surface area (Å²) in [6, 6.07) is 3.93. The number of nitrogens with one attached hydrogen (secondary N) is 2. The van der Waals surface area contributed by atoms with Gasteiger partial charge in [-0.3, -0.25) is 4.79 Å². The predicted molar refractivity (Wildman–Crippen MR) is 91.6 cm³/mol. The van der Waals surface area contributed by atoms with Crippen LogP contribution in [0.5, 0.6) is 0 Å². The Hall–Kier alpha value is -1.19. The van der Waals surface area contributed by atoms with Crippen LogP contribution in [0.3, 0.4) is 0 Å². The van der Waals surface area contributed by atoms with E-state index in [0.717, 1.165) is 35.0 Å². The fraction of sp³-hybridized carbons (Fsp3) is 0.471. The van der Waals surface area contributed by atoms with E-state index in [1.807, 2.05) is 19.1 Å². The van der Waals surface area contributed by atoms with Crippen LogP contribution >= 0.6 is 23.2 Å². The van der Waals surface area contributed by atoms with Crippen molar-refractivity contribution in [2.24, 2.45) is 5.41 Å². The monoisotopic (exact) mass is 338 g/mol. The number of hydrogen-bond donors (Lipinski definition) is 2. The average molecular weight is 339 g/mol. The Morgan fingerprint density at radius 3 is 2.64 bits per heavy atom. The van der Waals surface area contributed by atoms with Crippen LogP contribution in [-0.2, 0) is 11.3 Å². The topological polar surface area (TPSA) is 44.9 Å². The summed E-state index contributed by atoms with van der Waals surface area (Å²) in [6.45, 7) is 6.62. The molecule has 0 unspecified atom stereocenters. The van der Waals surface area contributed by atoms with Crippen LogP contribution in [0.25, 0.3) is 10.9 Å². The largest absolute Gasteiger partial charge is 0.356 e. The number of halogens is 2. The minimum absolute atomic E-state index is 0.123. The van der Waals surface area contributed by atoms with E-state index in [1.54, 1.807) is 0 Å². The summed E-state index contributed by atoms with van der Waals surface area (Å²) in [5.74, 6) is 0.379. The molecule has 2 aromatic rings. The Kier molecular flexibility index (Phi) is 3.90. The van der Waals surface area contributed by atoms with Crippen LogP contribution in [0, 0.1) is 5.41 Å². The molecule has 1 fully saturated rings. The lowest BCUT2D eigenvalue weighted by Gasteiger charge is -2.11. The van der Waals surface area contributed by atoms with E-state index in [9.17, 15) is 4.79 Å². The molecular formula is C17H20Cl2N2O. The second-order valence-electron chi connectivity index (χ2n) is 6.74. The minimum Gasteiger partial charge on any atom is -0.356 e. The van der Waals surface area contributed by atoms with Crippen molar-refractivity contribution in [3.05, 3.63) is 33.4 Å². The molecule has 1 aromatic carbocycles. The Morgan fingerprint density at radius 1 is 1.36 bits per heavy atom. The zero-order valence-corrected chi connectivity index (χ0v) is 14.5. The molecule has 0 bridgehead atoms. The van der Waals surface area contributed by atoms with Gasteiger partial charge >= 0.3 is 0 Å². The second kappa shape index (κ2) is 5.47. The van der Waals surface area contributed by atoms with E-state index in [1.165, 1.54) is 0 Å². The van der Waals surface area contributed by atoms with Gasteiger partial charge in [-0.25, -0.2) is 0 Å². The number of carbonyl (C=O) groups is 1. The molecule has 1 aliphatic rings. The standard InChI is InChI=1S/C17H20Cl2N2O/c1-9(2)13-12(18)7-10-6-11(21-15(10)14(13)19)8-20-16(22)17(3)4-5-17/h6-7,9,21H,4-5,8H2,1-3H3,(H,20,22). The molecule has 0 aliphatic heterocycles. The lowest BCUT2D eigenvalue weighted by Crippen LogP contribution is -2.29. The van der Waals surface area contributed by atoms with Crippen molar-refractivity contribution in [2.75, 3.05) is 0 Å². The molecule has 0 saturated heterocycles. The van der Waals surface area contributed by atoms with Crippen LogP contribution in [0.1, 0.15) is 50.8 Å². The van der Waals surface area contributed by atoms with Crippen molar-refractivity contribution in [1.82, 2.24) is 10.3 Å². The lowest BCUT2D eigenvalue weighted by molar-refractivity contribution is -0.125. The minimum atomic E-state index is -0.155. The first kappa shape index (κ1) is 15.7. The van der Waals surface area contributed by atoms with Gasteiger partial charge in [0.2, 0.25) is 5.91 Å². The Labute approximate surface area is 140 Å². The van der Waals surface area contributed by atoms with Gasteiger partial charge in [0.15, 0.2) is 0 Å². The first-order valence-corrected chi connectivity index (χ1v) is 8.35. The van der Waals surface area contributed by atoms with Crippen LogP contribution < -0.4 is 5.32 Å². The highest BCUT2D eigenvalue weighted by Crippen LogP contribution is 2.45. The van der Waals surface area contributed by atoms with Gasteiger partial charge in [0.05, 0.1) is 17.1 Å². The van der Waals surface area contributed by atoms with E-state index in [4.69, 9.17) is 23.2 Å². The second-order valence-corrected chi connectivity index (χ2v) is 7.53.